The maximum atomic E-state index is 5.49. The van der Waals surface area contributed by atoms with Gasteiger partial charge in [0, 0.05) is 5.92 Å². The molecule has 0 amide bonds. The summed E-state index contributed by atoms with van der Waals surface area (Å²) in [4.78, 5) is 15.2. The Morgan fingerprint density at radius 2 is 2.00 bits per heavy atom. The number of likely N-dealkylation sites (tertiary alicyclic amines) is 1. The van der Waals surface area contributed by atoms with E-state index < -0.39 is 0 Å². The topological polar surface area (TPSA) is 70.8 Å². The molecule has 1 atom stereocenters. The van der Waals surface area contributed by atoms with E-state index in [4.69, 9.17) is 4.52 Å². The first-order valence-corrected chi connectivity index (χ1v) is 9.53. The van der Waals surface area contributed by atoms with Gasteiger partial charge in [0.15, 0.2) is 5.82 Å². The molecule has 1 unspecified atom stereocenters. The Labute approximate surface area is 152 Å². The summed E-state index contributed by atoms with van der Waals surface area (Å²) < 4.78 is 5.49. The Balaban J connectivity index is 1.35. The average molecular weight is 349 g/mol. The van der Waals surface area contributed by atoms with Gasteiger partial charge in [0.1, 0.15) is 5.82 Å². The molecule has 134 valence electrons. The van der Waals surface area contributed by atoms with Gasteiger partial charge in [-0.1, -0.05) is 41.9 Å². The van der Waals surface area contributed by atoms with E-state index in [9.17, 15) is 0 Å². The van der Waals surface area contributed by atoms with Crippen molar-refractivity contribution >= 4 is 0 Å². The lowest BCUT2D eigenvalue weighted by Crippen LogP contribution is -2.33. The minimum Gasteiger partial charge on any atom is -0.341 e. The van der Waals surface area contributed by atoms with Crippen LogP contribution in [-0.2, 0) is 6.54 Å². The van der Waals surface area contributed by atoms with Crippen molar-refractivity contribution in [3.63, 3.8) is 0 Å². The van der Waals surface area contributed by atoms with Crippen molar-refractivity contribution in [3.05, 3.63) is 54.1 Å². The molecule has 1 aliphatic carbocycles. The Morgan fingerprint density at radius 3 is 2.85 bits per heavy atom. The molecule has 1 saturated heterocycles. The van der Waals surface area contributed by atoms with E-state index in [2.05, 4.69) is 49.3 Å². The average Bonchev–Trinajstić information content (AvgIpc) is 3.24. The fourth-order valence-corrected chi connectivity index (χ4v) is 3.77. The predicted octanol–water partition coefficient (Wildman–Crippen LogP) is 4.06. The number of hydrogen-bond acceptors (Lipinski definition) is 5. The number of benzene rings is 1. The van der Waals surface area contributed by atoms with E-state index in [0.29, 0.717) is 12.5 Å². The molecular weight excluding hydrogens is 326 g/mol. The minimum atomic E-state index is 0.275. The highest BCUT2D eigenvalue weighted by Crippen LogP contribution is 2.38. The number of hydrogen-bond donors (Lipinski definition) is 1. The van der Waals surface area contributed by atoms with Gasteiger partial charge in [-0.05, 0) is 37.8 Å². The number of nitrogens with zero attached hydrogens (tertiary/aromatic N) is 4. The number of H-pyrrole nitrogens is 1. The van der Waals surface area contributed by atoms with E-state index in [1.54, 1.807) is 0 Å². The lowest BCUT2D eigenvalue weighted by Gasteiger charge is -2.33. The van der Waals surface area contributed by atoms with Gasteiger partial charge in [0.05, 0.1) is 24.5 Å². The molecule has 5 rings (SSSR count). The number of aromatic nitrogens is 4. The molecule has 6 nitrogen and oxygen atoms in total. The van der Waals surface area contributed by atoms with Crippen LogP contribution in [0.1, 0.15) is 61.6 Å². The molecule has 3 heterocycles. The zero-order chi connectivity index (χ0) is 17.3. The van der Waals surface area contributed by atoms with Crippen molar-refractivity contribution in [3.8, 4) is 11.3 Å². The van der Waals surface area contributed by atoms with Gasteiger partial charge in [0.25, 0.3) is 0 Å². The highest BCUT2D eigenvalue weighted by atomic mass is 16.5. The van der Waals surface area contributed by atoms with Crippen LogP contribution >= 0.6 is 0 Å². The summed E-state index contributed by atoms with van der Waals surface area (Å²) in [7, 11) is 0. The monoisotopic (exact) mass is 349 g/mol. The van der Waals surface area contributed by atoms with E-state index in [1.807, 2.05) is 12.3 Å². The third-order valence-electron chi connectivity index (χ3n) is 5.37. The third-order valence-corrected chi connectivity index (χ3v) is 5.37. The van der Waals surface area contributed by atoms with Crippen molar-refractivity contribution in [2.75, 3.05) is 6.54 Å². The predicted molar refractivity (Wildman–Crippen MR) is 97.3 cm³/mol. The maximum absolute atomic E-state index is 5.49. The Kier molecular flexibility index (Phi) is 4.05. The van der Waals surface area contributed by atoms with Crippen LogP contribution in [0.25, 0.3) is 11.3 Å². The molecule has 6 heteroatoms. The number of aromatic amines is 1. The van der Waals surface area contributed by atoms with Gasteiger partial charge in [-0.3, -0.25) is 4.90 Å². The number of nitrogens with one attached hydrogen (secondary N) is 1. The van der Waals surface area contributed by atoms with Crippen LogP contribution in [0.2, 0.25) is 0 Å². The fraction of sp³-hybridized carbons (Fsp3) is 0.450. The van der Waals surface area contributed by atoms with E-state index in [-0.39, 0.29) is 6.04 Å². The van der Waals surface area contributed by atoms with E-state index in [1.165, 1.54) is 31.2 Å². The summed E-state index contributed by atoms with van der Waals surface area (Å²) in [6.45, 7) is 1.74. The SMILES string of the molecule is c1ccc(-c2cnc(C3CCCCN3Cc3nc(C4CC4)no3)[nH]2)cc1. The van der Waals surface area contributed by atoms with Crippen molar-refractivity contribution in [1.29, 1.82) is 0 Å². The maximum Gasteiger partial charge on any atom is 0.240 e. The standard InChI is InChI=1S/C20H23N5O/c1-2-6-14(7-3-1)16-12-21-20(22-16)17-8-4-5-11-25(17)13-18-23-19(24-26-18)15-9-10-15/h1-3,6-7,12,15,17H,4-5,8-11,13H2,(H,21,22). The largest absolute Gasteiger partial charge is 0.341 e. The summed E-state index contributed by atoms with van der Waals surface area (Å²) in [5.74, 6) is 3.18. The second-order valence-corrected chi connectivity index (χ2v) is 7.35. The highest BCUT2D eigenvalue weighted by Gasteiger charge is 2.31. The van der Waals surface area contributed by atoms with Crippen LogP contribution in [0, 0.1) is 0 Å². The summed E-state index contributed by atoms with van der Waals surface area (Å²) in [6.07, 6.45) is 7.85. The smallest absolute Gasteiger partial charge is 0.240 e. The first kappa shape index (κ1) is 15.8. The third kappa shape index (κ3) is 3.17. The van der Waals surface area contributed by atoms with Gasteiger partial charge >= 0.3 is 0 Å². The van der Waals surface area contributed by atoms with Crippen LogP contribution in [0.15, 0.2) is 41.1 Å². The normalized spacial score (nSPS) is 21.2. The van der Waals surface area contributed by atoms with Crippen LogP contribution in [0.3, 0.4) is 0 Å². The van der Waals surface area contributed by atoms with Crippen LogP contribution in [0.5, 0.6) is 0 Å². The lowest BCUT2D eigenvalue weighted by molar-refractivity contribution is 0.118. The summed E-state index contributed by atoms with van der Waals surface area (Å²) in [5, 5.41) is 4.15. The molecule has 1 saturated carbocycles. The number of imidazole rings is 1. The second kappa shape index (κ2) is 6.68. The van der Waals surface area contributed by atoms with E-state index in [0.717, 1.165) is 36.2 Å². The quantitative estimate of drug-likeness (QED) is 0.752. The number of rotatable bonds is 5. The van der Waals surface area contributed by atoms with Crippen LogP contribution in [-0.4, -0.2) is 31.6 Å². The van der Waals surface area contributed by atoms with Crippen molar-refractivity contribution in [1.82, 2.24) is 25.0 Å². The van der Waals surface area contributed by atoms with Crippen molar-refractivity contribution < 1.29 is 4.52 Å². The second-order valence-electron chi connectivity index (χ2n) is 7.35. The molecule has 2 aliphatic rings. The molecular formula is C20H23N5O. The first-order chi connectivity index (χ1) is 12.9. The zero-order valence-corrected chi connectivity index (χ0v) is 14.8. The molecule has 2 aromatic heterocycles. The molecule has 2 fully saturated rings. The van der Waals surface area contributed by atoms with Gasteiger partial charge in [-0.2, -0.15) is 4.98 Å². The zero-order valence-electron chi connectivity index (χ0n) is 14.8. The first-order valence-electron chi connectivity index (χ1n) is 9.53. The van der Waals surface area contributed by atoms with Crippen LogP contribution < -0.4 is 0 Å². The molecule has 0 bridgehead atoms. The lowest BCUT2D eigenvalue weighted by atomic mass is 10.0. The molecule has 3 aromatic rings. The van der Waals surface area contributed by atoms with E-state index >= 15 is 0 Å². The van der Waals surface area contributed by atoms with Gasteiger partial charge < -0.3 is 9.51 Å². The Hall–Kier alpha value is -2.47. The van der Waals surface area contributed by atoms with Crippen molar-refractivity contribution in [2.24, 2.45) is 0 Å². The molecule has 0 spiro atoms. The Bertz CT molecular complexity index is 867. The molecule has 1 aliphatic heterocycles. The summed E-state index contributed by atoms with van der Waals surface area (Å²) in [5.41, 5.74) is 2.24. The molecule has 1 aromatic carbocycles. The van der Waals surface area contributed by atoms with Gasteiger partial charge in [-0.15, -0.1) is 0 Å². The fourth-order valence-electron chi connectivity index (χ4n) is 3.77. The molecule has 0 radical (unpaired) electrons. The van der Waals surface area contributed by atoms with Gasteiger partial charge in [-0.25, -0.2) is 4.98 Å². The minimum absolute atomic E-state index is 0.275. The summed E-state index contributed by atoms with van der Waals surface area (Å²) >= 11 is 0. The molecule has 26 heavy (non-hydrogen) atoms. The van der Waals surface area contributed by atoms with Crippen molar-refractivity contribution in [2.45, 2.75) is 50.6 Å². The van der Waals surface area contributed by atoms with Crippen LogP contribution in [0.4, 0.5) is 0 Å². The number of piperidine rings is 1. The van der Waals surface area contributed by atoms with Gasteiger partial charge in [0.2, 0.25) is 5.89 Å². The highest BCUT2D eigenvalue weighted by molar-refractivity contribution is 5.58. The Morgan fingerprint density at radius 1 is 1.12 bits per heavy atom. The summed E-state index contributed by atoms with van der Waals surface area (Å²) in [6, 6.07) is 10.6. The molecule has 1 N–H and O–H groups in total.